The van der Waals surface area contributed by atoms with E-state index in [1.54, 1.807) is 0 Å². The summed E-state index contributed by atoms with van der Waals surface area (Å²) in [5, 5.41) is 7.05. The van der Waals surface area contributed by atoms with Gasteiger partial charge in [0.05, 0.1) is 25.9 Å². The number of rotatable bonds is 6. The summed E-state index contributed by atoms with van der Waals surface area (Å²) in [6.45, 7) is 7.61. The van der Waals surface area contributed by atoms with Gasteiger partial charge in [0.25, 0.3) is 0 Å². The first kappa shape index (κ1) is 14.9. The molecule has 1 aromatic rings. The molecular formula is C14H24N4O3. The van der Waals surface area contributed by atoms with Crippen LogP contribution in [-0.4, -0.2) is 72.2 Å². The molecule has 0 spiro atoms. The summed E-state index contributed by atoms with van der Waals surface area (Å²) in [6, 6.07) is 0. The van der Waals surface area contributed by atoms with Crippen LogP contribution in [0.4, 0.5) is 0 Å². The van der Waals surface area contributed by atoms with E-state index >= 15 is 0 Å². The second kappa shape index (κ2) is 7.31. The largest absolute Gasteiger partial charge is 0.377 e. The molecule has 2 aliphatic heterocycles. The van der Waals surface area contributed by atoms with Crippen LogP contribution in [0.5, 0.6) is 0 Å². The van der Waals surface area contributed by atoms with Crippen molar-refractivity contribution in [2.24, 2.45) is 0 Å². The van der Waals surface area contributed by atoms with Crippen LogP contribution in [0.15, 0.2) is 0 Å². The van der Waals surface area contributed by atoms with Gasteiger partial charge in [-0.2, -0.15) is 5.10 Å². The number of ether oxygens (including phenoxy) is 3. The number of hydrogen-bond acceptors (Lipinski definition) is 6. The first-order valence-electron chi connectivity index (χ1n) is 7.73. The number of nitrogens with zero attached hydrogens (tertiary/aromatic N) is 3. The molecule has 7 nitrogen and oxygen atoms in total. The maximum Gasteiger partial charge on any atom is 0.180 e. The molecule has 1 N–H and O–H groups in total. The molecule has 0 amide bonds. The first-order chi connectivity index (χ1) is 10.3. The van der Waals surface area contributed by atoms with Crippen LogP contribution < -0.4 is 0 Å². The Morgan fingerprint density at radius 1 is 1.38 bits per heavy atom. The Balaban J connectivity index is 1.37. The summed E-state index contributed by atoms with van der Waals surface area (Å²) in [4.78, 5) is 6.69. The number of nitrogens with one attached hydrogen (secondary N) is 1. The molecular weight excluding hydrogens is 272 g/mol. The van der Waals surface area contributed by atoms with Gasteiger partial charge in [0.1, 0.15) is 11.9 Å². The van der Waals surface area contributed by atoms with E-state index in [1.807, 2.05) is 6.92 Å². The van der Waals surface area contributed by atoms with Crippen molar-refractivity contribution in [1.82, 2.24) is 20.1 Å². The van der Waals surface area contributed by atoms with E-state index < -0.39 is 0 Å². The van der Waals surface area contributed by atoms with E-state index in [1.165, 1.54) is 0 Å². The van der Waals surface area contributed by atoms with Gasteiger partial charge in [-0.3, -0.25) is 10.00 Å². The number of aromatic amines is 1. The molecule has 118 valence electrons. The third-order valence-corrected chi connectivity index (χ3v) is 3.93. The third kappa shape index (κ3) is 4.23. The van der Waals surface area contributed by atoms with E-state index in [0.717, 1.165) is 57.3 Å². The molecule has 2 fully saturated rings. The lowest BCUT2D eigenvalue weighted by Crippen LogP contribution is -2.40. The second-order valence-corrected chi connectivity index (χ2v) is 5.65. The van der Waals surface area contributed by atoms with E-state index in [-0.39, 0.29) is 6.10 Å². The SMILES string of the molecule is Cc1nc([C@H]2CN(CCOC[C@@H]3CCCO3)CCO2)n[nH]1. The lowest BCUT2D eigenvalue weighted by atomic mass is 10.2. The van der Waals surface area contributed by atoms with Crippen LogP contribution in [0.25, 0.3) is 0 Å². The van der Waals surface area contributed by atoms with Crippen molar-refractivity contribution in [1.29, 1.82) is 0 Å². The Hall–Kier alpha value is -1.02. The molecule has 21 heavy (non-hydrogen) atoms. The van der Waals surface area contributed by atoms with Gasteiger partial charge in [-0.15, -0.1) is 0 Å². The fraction of sp³-hybridized carbons (Fsp3) is 0.857. The maximum atomic E-state index is 5.75. The Bertz CT molecular complexity index is 434. The summed E-state index contributed by atoms with van der Waals surface area (Å²) in [6.07, 6.45) is 2.56. The summed E-state index contributed by atoms with van der Waals surface area (Å²) in [7, 11) is 0. The minimum absolute atomic E-state index is 0.0399. The standard InChI is InChI=1S/C14H24N4O3/c1-11-15-14(17-16-11)13-9-18(5-8-21-13)4-7-19-10-12-3-2-6-20-12/h12-13H,2-10H2,1H3,(H,15,16,17)/t12-,13+/m0/s1. The molecule has 3 rings (SSSR count). The summed E-state index contributed by atoms with van der Waals surface area (Å²) in [5.74, 6) is 1.57. The summed E-state index contributed by atoms with van der Waals surface area (Å²) in [5.41, 5.74) is 0. The monoisotopic (exact) mass is 296 g/mol. The van der Waals surface area contributed by atoms with Gasteiger partial charge in [0.2, 0.25) is 0 Å². The first-order valence-corrected chi connectivity index (χ1v) is 7.73. The molecule has 0 aliphatic carbocycles. The lowest BCUT2D eigenvalue weighted by Gasteiger charge is -2.31. The van der Waals surface area contributed by atoms with Crippen molar-refractivity contribution in [3.63, 3.8) is 0 Å². The van der Waals surface area contributed by atoms with Gasteiger partial charge in [-0.25, -0.2) is 4.98 Å². The Labute approximate surface area is 125 Å². The Morgan fingerprint density at radius 3 is 3.10 bits per heavy atom. The minimum Gasteiger partial charge on any atom is -0.377 e. The number of hydrogen-bond donors (Lipinski definition) is 1. The molecule has 3 heterocycles. The predicted molar refractivity (Wildman–Crippen MR) is 76.0 cm³/mol. The molecule has 2 atom stereocenters. The van der Waals surface area contributed by atoms with Crippen molar-refractivity contribution in [2.75, 3.05) is 46.1 Å². The van der Waals surface area contributed by atoms with Crippen molar-refractivity contribution < 1.29 is 14.2 Å². The fourth-order valence-corrected chi connectivity index (χ4v) is 2.75. The third-order valence-electron chi connectivity index (χ3n) is 3.93. The second-order valence-electron chi connectivity index (χ2n) is 5.65. The summed E-state index contributed by atoms with van der Waals surface area (Å²) >= 11 is 0. The average molecular weight is 296 g/mol. The van der Waals surface area contributed by atoms with Crippen LogP contribution in [0.3, 0.4) is 0 Å². The molecule has 2 aliphatic rings. The van der Waals surface area contributed by atoms with Gasteiger partial charge in [-0.1, -0.05) is 0 Å². The molecule has 0 saturated carbocycles. The van der Waals surface area contributed by atoms with Crippen molar-refractivity contribution >= 4 is 0 Å². The molecule has 2 saturated heterocycles. The molecule has 0 radical (unpaired) electrons. The molecule has 0 unspecified atom stereocenters. The number of morpholine rings is 1. The topological polar surface area (TPSA) is 72.5 Å². The molecule has 1 aromatic heterocycles. The zero-order valence-corrected chi connectivity index (χ0v) is 12.6. The van der Waals surface area contributed by atoms with Gasteiger partial charge in [0.15, 0.2) is 5.82 Å². The van der Waals surface area contributed by atoms with Crippen molar-refractivity contribution in [2.45, 2.75) is 32.0 Å². The lowest BCUT2D eigenvalue weighted by molar-refractivity contribution is -0.0467. The van der Waals surface area contributed by atoms with Crippen LogP contribution >= 0.6 is 0 Å². The predicted octanol–water partition coefficient (Wildman–Crippen LogP) is 0.682. The minimum atomic E-state index is -0.0399. The zero-order chi connectivity index (χ0) is 14.5. The van der Waals surface area contributed by atoms with E-state index in [2.05, 4.69) is 20.1 Å². The van der Waals surface area contributed by atoms with Crippen LogP contribution in [0.1, 0.15) is 30.6 Å². The van der Waals surface area contributed by atoms with Crippen molar-refractivity contribution in [3.8, 4) is 0 Å². The van der Waals surface area contributed by atoms with Gasteiger partial charge >= 0.3 is 0 Å². The average Bonchev–Trinajstić information content (AvgIpc) is 3.15. The highest BCUT2D eigenvalue weighted by Crippen LogP contribution is 2.18. The fourth-order valence-electron chi connectivity index (χ4n) is 2.75. The highest BCUT2D eigenvalue weighted by atomic mass is 16.5. The zero-order valence-electron chi connectivity index (χ0n) is 12.6. The number of aromatic nitrogens is 3. The van der Waals surface area contributed by atoms with Gasteiger partial charge in [-0.05, 0) is 19.8 Å². The Kier molecular flexibility index (Phi) is 5.18. The van der Waals surface area contributed by atoms with E-state index in [9.17, 15) is 0 Å². The van der Waals surface area contributed by atoms with E-state index in [4.69, 9.17) is 14.2 Å². The normalized spacial score (nSPS) is 27.3. The maximum absolute atomic E-state index is 5.75. The highest BCUT2D eigenvalue weighted by molar-refractivity contribution is 4.95. The number of aryl methyl sites for hydroxylation is 1. The summed E-state index contributed by atoms with van der Waals surface area (Å²) < 4.78 is 17.0. The molecule has 0 aromatic carbocycles. The van der Waals surface area contributed by atoms with Crippen LogP contribution in [0.2, 0.25) is 0 Å². The van der Waals surface area contributed by atoms with Gasteiger partial charge < -0.3 is 14.2 Å². The smallest absolute Gasteiger partial charge is 0.180 e. The number of H-pyrrole nitrogens is 1. The highest BCUT2D eigenvalue weighted by Gasteiger charge is 2.25. The van der Waals surface area contributed by atoms with Crippen LogP contribution in [-0.2, 0) is 14.2 Å². The molecule has 7 heteroatoms. The van der Waals surface area contributed by atoms with E-state index in [0.29, 0.717) is 19.3 Å². The van der Waals surface area contributed by atoms with Crippen LogP contribution in [0, 0.1) is 6.92 Å². The van der Waals surface area contributed by atoms with Gasteiger partial charge in [0, 0.05) is 26.2 Å². The Morgan fingerprint density at radius 2 is 2.33 bits per heavy atom. The quantitative estimate of drug-likeness (QED) is 0.778. The van der Waals surface area contributed by atoms with Crippen molar-refractivity contribution in [3.05, 3.63) is 11.6 Å². The molecule has 0 bridgehead atoms.